The van der Waals surface area contributed by atoms with Crippen LogP contribution in [0.4, 0.5) is 4.39 Å². The van der Waals surface area contributed by atoms with E-state index in [0.29, 0.717) is 5.92 Å². The summed E-state index contributed by atoms with van der Waals surface area (Å²) in [5.74, 6) is 0.190. The van der Waals surface area contributed by atoms with Gasteiger partial charge in [-0.15, -0.1) is 0 Å². The van der Waals surface area contributed by atoms with E-state index in [2.05, 4.69) is 28.1 Å². The van der Waals surface area contributed by atoms with Crippen molar-refractivity contribution in [1.29, 1.82) is 0 Å². The lowest BCUT2D eigenvalue weighted by Gasteiger charge is -2.32. The summed E-state index contributed by atoms with van der Waals surface area (Å²) in [4.78, 5) is 11.4. The Hall–Kier alpha value is -2.59. The van der Waals surface area contributed by atoms with Gasteiger partial charge in [0.15, 0.2) is 0 Å². The highest BCUT2D eigenvalue weighted by molar-refractivity contribution is 5.59. The van der Waals surface area contributed by atoms with E-state index in [9.17, 15) is 4.39 Å². The number of nitrogens with zero attached hydrogens (tertiary/aromatic N) is 3. The summed E-state index contributed by atoms with van der Waals surface area (Å²) >= 11 is 0. The van der Waals surface area contributed by atoms with Gasteiger partial charge in [0.25, 0.3) is 0 Å². The van der Waals surface area contributed by atoms with Gasteiger partial charge in [-0.3, -0.25) is 14.9 Å². The molecule has 2 aromatic heterocycles. The van der Waals surface area contributed by atoms with Crippen LogP contribution in [0.5, 0.6) is 0 Å². The van der Waals surface area contributed by atoms with Gasteiger partial charge >= 0.3 is 0 Å². The Morgan fingerprint density at radius 1 is 1.04 bits per heavy atom. The van der Waals surface area contributed by atoms with Gasteiger partial charge in [0.2, 0.25) is 0 Å². The van der Waals surface area contributed by atoms with Crippen LogP contribution < -0.4 is 0 Å². The van der Waals surface area contributed by atoms with Crippen LogP contribution in [0.1, 0.15) is 30.0 Å². The highest BCUT2D eigenvalue weighted by Crippen LogP contribution is 2.28. The molecule has 0 radical (unpaired) electrons. The predicted octanol–water partition coefficient (Wildman–Crippen LogP) is 4.66. The molecule has 0 spiro atoms. The van der Waals surface area contributed by atoms with Crippen molar-refractivity contribution < 1.29 is 4.39 Å². The van der Waals surface area contributed by atoms with Gasteiger partial charge in [-0.25, -0.2) is 4.39 Å². The van der Waals surface area contributed by atoms with Gasteiger partial charge < -0.3 is 0 Å². The SMILES string of the molecule is Fc1cccc(-c2cccc([C@@H]3CCCN(Cc4ccncc4)C3)n2)c1. The largest absolute Gasteiger partial charge is 0.298 e. The molecule has 1 aliphatic rings. The molecular formula is C22H22FN3. The number of pyridine rings is 2. The van der Waals surface area contributed by atoms with Gasteiger partial charge in [0.1, 0.15) is 5.82 Å². The first-order chi connectivity index (χ1) is 12.8. The molecule has 1 saturated heterocycles. The summed E-state index contributed by atoms with van der Waals surface area (Å²) in [5, 5.41) is 0. The molecule has 0 aliphatic carbocycles. The molecule has 4 heteroatoms. The van der Waals surface area contributed by atoms with Crippen LogP contribution >= 0.6 is 0 Å². The highest BCUT2D eigenvalue weighted by Gasteiger charge is 2.22. The number of benzene rings is 1. The number of rotatable bonds is 4. The number of hydrogen-bond donors (Lipinski definition) is 0. The average Bonchev–Trinajstić information content (AvgIpc) is 2.69. The Morgan fingerprint density at radius 3 is 2.73 bits per heavy atom. The second-order valence-corrected chi connectivity index (χ2v) is 6.89. The van der Waals surface area contributed by atoms with Crippen molar-refractivity contribution in [3.8, 4) is 11.3 Å². The van der Waals surface area contributed by atoms with E-state index >= 15 is 0 Å². The molecule has 3 heterocycles. The first-order valence-corrected chi connectivity index (χ1v) is 9.12. The van der Waals surface area contributed by atoms with E-state index < -0.39 is 0 Å². The summed E-state index contributed by atoms with van der Waals surface area (Å²) in [6, 6.07) is 16.9. The number of likely N-dealkylation sites (tertiary alicyclic amines) is 1. The van der Waals surface area contributed by atoms with Gasteiger partial charge in [-0.2, -0.15) is 0 Å². The van der Waals surface area contributed by atoms with Crippen molar-refractivity contribution in [2.24, 2.45) is 0 Å². The molecule has 1 atom stereocenters. The lowest BCUT2D eigenvalue weighted by atomic mass is 9.93. The van der Waals surface area contributed by atoms with Gasteiger partial charge in [0, 0.05) is 42.7 Å². The smallest absolute Gasteiger partial charge is 0.123 e. The molecule has 132 valence electrons. The van der Waals surface area contributed by atoms with E-state index in [1.165, 1.54) is 18.1 Å². The van der Waals surface area contributed by atoms with Crippen molar-refractivity contribution in [2.45, 2.75) is 25.3 Å². The second kappa shape index (κ2) is 7.75. The maximum absolute atomic E-state index is 13.5. The maximum Gasteiger partial charge on any atom is 0.123 e. The predicted molar refractivity (Wildman–Crippen MR) is 101 cm³/mol. The molecule has 4 rings (SSSR count). The molecule has 0 N–H and O–H groups in total. The van der Waals surface area contributed by atoms with Gasteiger partial charge in [-0.1, -0.05) is 18.2 Å². The molecule has 3 nitrogen and oxygen atoms in total. The standard InChI is InChI=1S/C22H22FN3/c23-20-6-1-4-18(14-20)21-7-2-8-22(25-21)19-5-3-13-26(16-19)15-17-9-11-24-12-10-17/h1-2,4,6-12,14,19H,3,5,13,15-16H2/t19-/m1/s1. The van der Waals surface area contributed by atoms with Crippen LogP contribution in [-0.2, 0) is 6.54 Å². The lowest BCUT2D eigenvalue weighted by molar-refractivity contribution is 0.198. The van der Waals surface area contributed by atoms with E-state index in [-0.39, 0.29) is 5.82 Å². The highest BCUT2D eigenvalue weighted by atomic mass is 19.1. The Balaban J connectivity index is 1.51. The quantitative estimate of drug-likeness (QED) is 0.687. The molecule has 0 saturated carbocycles. The summed E-state index contributed by atoms with van der Waals surface area (Å²) in [6.45, 7) is 3.06. The minimum absolute atomic E-state index is 0.226. The number of piperidine rings is 1. The third-order valence-electron chi connectivity index (χ3n) is 4.97. The van der Waals surface area contributed by atoms with E-state index in [0.717, 1.165) is 43.0 Å². The van der Waals surface area contributed by atoms with Crippen LogP contribution in [0.25, 0.3) is 11.3 Å². The molecule has 0 unspecified atom stereocenters. The summed E-state index contributed by atoms with van der Waals surface area (Å²) in [5.41, 5.74) is 4.07. The van der Waals surface area contributed by atoms with Crippen molar-refractivity contribution in [3.63, 3.8) is 0 Å². The molecule has 1 aliphatic heterocycles. The zero-order chi connectivity index (χ0) is 17.8. The molecular weight excluding hydrogens is 325 g/mol. The van der Waals surface area contributed by atoms with E-state index in [1.54, 1.807) is 12.1 Å². The zero-order valence-electron chi connectivity index (χ0n) is 14.7. The number of halogens is 1. The first kappa shape index (κ1) is 16.9. The van der Waals surface area contributed by atoms with Crippen molar-refractivity contribution in [2.75, 3.05) is 13.1 Å². The Kier molecular flexibility index (Phi) is 5.02. The summed E-state index contributed by atoms with van der Waals surface area (Å²) < 4.78 is 13.5. The number of aromatic nitrogens is 2. The second-order valence-electron chi connectivity index (χ2n) is 6.89. The van der Waals surface area contributed by atoms with E-state index in [4.69, 9.17) is 4.98 Å². The zero-order valence-corrected chi connectivity index (χ0v) is 14.7. The van der Waals surface area contributed by atoms with Crippen LogP contribution in [-0.4, -0.2) is 28.0 Å². The third kappa shape index (κ3) is 3.97. The Morgan fingerprint density at radius 2 is 1.88 bits per heavy atom. The molecule has 0 bridgehead atoms. The van der Waals surface area contributed by atoms with E-state index in [1.807, 2.05) is 30.6 Å². The molecule has 0 amide bonds. The van der Waals surface area contributed by atoms with Crippen molar-refractivity contribution >= 4 is 0 Å². The molecule has 1 fully saturated rings. The average molecular weight is 347 g/mol. The fourth-order valence-electron chi connectivity index (χ4n) is 3.67. The summed E-state index contributed by atoms with van der Waals surface area (Å²) in [7, 11) is 0. The fourth-order valence-corrected chi connectivity index (χ4v) is 3.67. The molecule has 26 heavy (non-hydrogen) atoms. The van der Waals surface area contributed by atoms with Crippen LogP contribution in [0.15, 0.2) is 67.0 Å². The molecule has 1 aromatic carbocycles. The minimum Gasteiger partial charge on any atom is -0.298 e. The normalized spacial score (nSPS) is 18.0. The van der Waals surface area contributed by atoms with Crippen molar-refractivity contribution in [1.82, 2.24) is 14.9 Å². The number of hydrogen-bond acceptors (Lipinski definition) is 3. The van der Waals surface area contributed by atoms with Crippen LogP contribution in [0.3, 0.4) is 0 Å². The van der Waals surface area contributed by atoms with Gasteiger partial charge in [0.05, 0.1) is 5.69 Å². The topological polar surface area (TPSA) is 29.0 Å². The molecule has 3 aromatic rings. The minimum atomic E-state index is -0.226. The fraction of sp³-hybridized carbons (Fsp3) is 0.273. The third-order valence-corrected chi connectivity index (χ3v) is 4.97. The van der Waals surface area contributed by atoms with Crippen LogP contribution in [0.2, 0.25) is 0 Å². The first-order valence-electron chi connectivity index (χ1n) is 9.12. The van der Waals surface area contributed by atoms with Gasteiger partial charge in [-0.05, 0) is 61.3 Å². The lowest BCUT2D eigenvalue weighted by Crippen LogP contribution is -2.34. The summed E-state index contributed by atoms with van der Waals surface area (Å²) in [6.07, 6.45) is 6.01. The maximum atomic E-state index is 13.5. The van der Waals surface area contributed by atoms with Crippen LogP contribution in [0, 0.1) is 5.82 Å². The monoisotopic (exact) mass is 347 g/mol. The Bertz CT molecular complexity index is 866. The van der Waals surface area contributed by atoms with Crippen molar-refractivity contribution in [3.05, 3.63) is 84.1 Å². The Labute approximate surface area is 153 Å².